The molecule has 180 valence electrons. The van der Waals surface area contributed by atoms with Crippen LogP contribution in [0.1, 0.15) is 37.6 Å². The van der Waals surface area contributed by atoms with E-state index in [4.69, 9.17) is 9.47 Å². The highest BCUT2D eigenvalue weighted by Crippen LogP contribution is 2.27. The highest BCUT2D eigenvalue weighted by atomic mass is 19.4. The average molecular weight is 460 g/mol. The van der Waals surface area contributed by atoms with Gasteiger partial charge < -0.3 is 19.7 Å². The summed E-state index contributed by atoms with van der Waals surface area (Å²) in [5, 5.41) is 2.65. The van der Waals surface area contributed by atoms with Gasteiger partial charge in [-0.25, -0.2) is 0 Å². The maximum atomic E-state index is 13.2. The molecule has 1 aromatic carbocycles. The zero-order valence-electron chi connectivity index (χ0n) is 19.2. The molecule has 0 spiro atoms. The van der Waals surface area contributed by atoms with E-state index in [2.05, 4.69) is 5.32 Å². The first kappa shape index (κ1) is 25.9. The Morgan fingerprint density at radius 2 is 1.97 bits per heavy atom. The zero-order valence-corrected chi connectivity index (χ0v) is 19.2. The second kappa shape index (κ2) is 11.0. The van der Waals surface area contributed by atoms with Gasteiger partial charge in [-0.2, -0.15) is 13.2 Å². The summed E-state index contributed by atoms with van der Waals surface area (Å²) < 4.78 is 50.1. The van der Waals surface area contributed by atoms with Crippen molar-refractivity contribution in [2.75, 3.05) is 45.7 Å². The predicted molar refractivity (Wildman–Crippen MR) is 115 cm³/mol. The van der Waals surface area contributed by atoms with Gasteiger partial charge in [0.15, 0.2) is 0 Å². The molecule has 32 heavy (non-hydrogen) atoms. The van der Waals surface area contributed by atoms with Crippen LogP contribution in [0.2, 0.25) is 0 Å². The monoisotopic (exact) mass is 459 g/mol. The van der Waals surface area contributed by atoms with Crippen molar-refractivity contribution in [1.29, 1.82) is 0 Å². The van der Waals surface area contributed by atoms with E-state index in [1.807, 2.05) is 6.92 Å². The molecule has 0 saturated heterocycles. The Morgan fingerprint density at radius 1 is 1.28 bits per heavy atom. The lowest BCUT2D eigenvalue weighted by Gasteiger charge is -2.36. The second-order valence-electron chi connectivity index (χ2n) is 8.35. The van der Waals surface area contributed by atoms with Crippen LogP contribution in [0.25, 0.3) is 0 Å². The third-order valence-electron chi connectivity index (χ3n) is 5.58. The number of fused-ring (bicyclic) bond motifs is 1. The number of benzene rings is 1. The van der Waals surface area contributed by atoms with Crippen LogP contribution in [-0.2, 0) is 9.53 Å². The van der Waals surface area contributed by atoms with Crippen molar-refractivity contribution in [3.05, 3.63) is 23.8 Å². The summed E-state index contributed by atoms with van der Waals surface area (Å²) in [6, 6.07) is 4.42. The Labute approximate surface area is 186 Å². The summed E-state index contributed by atoms with van der Waals surface area (Å²) >= 11 is 0. The molecular weight excluding hydrogens is 427 g/mol. The summed E-state index contributed by atoms with van der Waals surface area (Å²) in [6.07, 6.45) is -5.54. The number of halogens is 3. The lowest BCUT2D eigenvalue weighted by Crippen LogP contribution is -2.47. The van der Waals surface area contributed by atoms with Gasteiger partial charge in [0.1, 0.15) is 12.4 Å². The molecule has 0 unspecified atom stereocenters. The molecule has 0 saturated carbocycles. The molecule has 0 bridgehead atoms. The topological polar surface area (TPSA) is 71.1 Å². The molecule has 1 N–H and O–H groups in total. The van der Waals surface area contributed by atoms with Crippen LogP contribution in [0.3, 0.4) is 0 Å². The Kier molecular flexibility index (Phi) is 8.91. The molecule has 3 atom stereocenters. The average Bonchev–Trinajstić information content (AvgIpc) is 2.70. The van der Waals surface area contributed by atoms with Crippen LogP contribution in [-0.4, -0.2) is 80.3 Å². The number of hydrogen-bond donors (Lipinski definition) is 1. The summed E-state index contributed by atoms with van der Waals surface area (Å²) in [6.45, 7) is 5.64. The predicted octanol–water partition coefficient (Wildman–Crippen LogP) is 3.40. The van der Waals surface area contributed by atoms with Gasteiger partial charge in [0.25, 0.3) is 5.91 Å². The summed E-state index contributed by atoms with van der Waals surface area (Å²) in [7, 11) is 3.16. The van der Waals surface area contributed by atoms with E-state index in [0.717, 1.165) is 0 Å². The van der Waals surface area contributed by atoms with Crippen LogP contribution in [0.15, 0.2) is 18.2 Å². The highest BCUT2D eigenvalue weighted by Gasteiger charge is 2.32. The molecule has 1 aromatic rings. The quantitative estimate of drug-likeness (QED) is 0.747. The normalized spacial score (nSPS) is 23.6. The molecule has 0 fully saturated rings. The van der Waals surface area contributed by atoms with E-state index in [1.54, 1.807) is 37.1 Å². The zero-order chi connectivity index (χ0) is 24.1. The van der Waals surface area contributed by atoms with E-state index in [1.165, 1.54) is 18.9 Å². The highest BCUT2D eigenvalue weighted by molar-refractivity contribution is 5.99. The lowest BCUT2D eigenvalue weighted by atomic mass is 10.0. The van der Waals surface area contributed by atoms with Crippen molar-refractivity contribution >= 4 is 17.5 Å². The maximum Gasteiger partial charge on any atom is 0.390 e. The van der Waals surface area contributed by atoms with E-state index in [-0.39, 0.29) is 55.1 Å². The summed E-state index contributed by atoms with van der Waals surface area (Å²) in [4.78, 5) is 27.8. The molecule has 0 radical (unpaired) electrons. The smallest absolute Gasteiger partial charge is 0.390 e. The Hall–Kier alpha value is -2.33. The molecular formula is C22H32F3N3O4. The van der Waals surface area contributed by atoms with E-state index >= 15 is 0 Å². The van der Waals surface area contributed by atoms with Crippen molar-refractivity contribution in [3.8, 4) is 5.75 Å². The number of carbonyl (C=O) groups excluding carboxylic acids is 2. The number of likely N-dealkylation sites (N-methyl/N-ethyl adjacent to an activating group) is 1. The molecule has 1 aliphatic rings. The minimum Gasteiger partial charge on any atom is -0.491 e. The third-order valence-corrected chi connectivity index (χ3v) is 5.58. The van der Waals surface area contributed by atoms with E-state index < -0.39 is 12.6 Å². The van der Waals surface area contributed by atoms with Crippen molar-refractivity contribution in [2.45, 2.75) is 45.5 Å². The fraction of sp³-hybridized carbons (Fsp3) is 0.636. The van der Waals surface area contributed by atoms with Crippen LogP contribution in [0.5, 0.6) is 5.75 Å². The Bertz CT molecular complexity index is 803. The summed E-state index contributed by atoms with van der Waals surface area (Å²) in [5.74, 6) is -0.401. The van der Waals surface area contributed by atoms with Crippen LogP contribution < -0.4 is 10.1 Å². The molecule has 7 nitrogen and oxygen atoms in total. The fourth-order valence-electron chi connectivity index (χ4n) is 3.71. The van der Waals surface area contributed by atoms with Gasteiger partial charge >= 0.3 is 6.18 Å². The minimum absolute atomic E-state index is 0.103. The largest absolute Gasteiger partial charge is 0.491 e. The molecule has 0 aromatic heterocycles. The van der Waals surface area contributed by atoms with Crippen molar-refractivity contribution in [3.63, 3.8) is 0 Å². The molecule has 10 heteroatoms. The van der Waals surface area contributed by atoms with E-state index in [0.29, 0.717) is 18.0 Å². The number of methoxy groups -OCH3 is 1. The number of nitrogens with one attached hydrogen (secondary N) is 1. The lowest BCUT2D eigenvalue weighted by molar-refractivity contribution is -0.140. The van der Waals surface area contributed by atoms with Crippen molar-refractivity contribution in [1.82, 2.24) is 9.80 Å². The molecule has 0 aliphatic carbocycles. The van der Waals surface area contributed by atoms with Crippen LogP contribution >= 0.6 is 0 Å². The number of anilines is 1. The Morgan fingerprint density at radius 3 is 2.56 bits per heavy atom. The number of nitrogens with zero attached hydrogens (tertiary/aromatic N) is 2. The number of alkyl halides is 3. The van der Waals surface area contributed by atoms with Gasteiger partial charge in [0, 0.05) is 52.4 Å². The molecule has 1 aliphatic heterocycles. The first-order valence-corrected chi connectivity index (χ1v) is 10.5. The third kappa shape index (κ3) is 7.37. The minimum atomic E-state index is -4.26. The van der Waals surface area contributed by atoms with Crippen molar-refractivity contribution < 1.29 is 32.2 Å². The first-order valence-electron chi connectivity index (χ1n) is 10.5. The standard InChI is InChI=1S/C22H32F3N3O4/c1-14-11-28(9-8-22(23,24)25)15(2)13-32-19-7-6-17(26-16(3)29)10-18(19)21(30)27(4)12-20(14)31-5/h6-7,10,14-15,20H,8-9,11-13H2,1-5H3,(H,26,29)/t14-,15+,20-/m1/s1. The van der Waals surface area contributed by atoms with Crippen LogP contribution in [0, 0.1) is 5.92 Å². The SMILES string of the molecule is CO[C@@H]1CN(C)C(=O)c2cc(NC(C)=O)ccc2OC[C@H](C)N(CCC(F)(F)F)C[C@H]1C. The van der Waals surface area contributed by atoms with Gasteiger partial charge in [0.2, 0.25) is 5.91 Å². The summed E-state index contributed by atoms with van der Waals surface area (Å²) in [5.41, 5.74) is 0.709. The molecule has 2 amide bonds. The number of ether oxygens (including phenoxy) is 2. The fourth-order valence-corrected chi connectivity index (χ4v) is 3.71. The second-order valence-corrected chi connectivity index (χ2v) is 8.35. The van der Waals surface area contributed by atoms with Gasteiger partial charge in [-0.05, 0) is 31.0 Å². The number of carbonyl (C=O) groups is 2. The van der Waals surface area contributed by atoms with Crippen molar-refractivity contribution in [2.24, 2.45) is 5.92 Å². The number of amides is 2. The van der Waals surface area contributed by atoms with E-state index in [9.17, 15) is 22.8 Å². The van der Waals surface area contributed by atoms with Gasteiger partial charge in [-0.3, -0.25) is 14.5 Å². The Balaban J connectivity index is 2.39. The molecule has 1 heterocycles. The van der Waals surface area contributed by atoms with Gasteiger partial charge in [0.05, 0.1) is 18.1 Å². The number of hydrogen-bond acceptors (Lipinski definition) is 5. The first-order chi connectivity index (χ1) is 14.9. The van der Waals surface area contributed by atoms with Gasteiger partial charge in [-0.15, -0.1) is 0 Å². The van der Waals surface area contributed by atoms with Gasteiger partial charge in [-0.1, -0.05) is 6.92 Å². The maximum absolute atomic E-state index is 13.2. The number of rotatable bonds is 4. The molecule has 2 rings (SSSR count). The van der Waals surface area contributed by atoms with Crippen LogP contribution in [0.4, 0.5) is 18.9 Å².